The molecule has 0 unspecified atom stereocenters. The Balaban J connectivity index is 1.90. The first kappa shape index (κ1) is 13.3. The summed E-state index contributed by atoms with van der Waals surface area (Å²) in [5.74, 6) is 0. The van der Waals surface area contributed by atoms with Crippen LogP contribution >= 0.6 is 23.3 Å². The highest BCUT2D eigenvalue weighted by Gasteiger charge is 2.10. The standard InChI is InChI=1S/C15H14ClN3S/c1-2-10-5-3-4-6-11(10)9-17-14-12(16)7-8-13-15(14)19-20-18-13/h3-8,17H,2,9H2,1H3. The Labute approximate surface area is 126 Å². The quantitative estimate of drug-likeness (QED) is 0.770. The summed E-state index contributed by atoms with van der Waals surface area (Å²) in [5.41, 5.74) is 5.22. The lowest BCUT2D eigenvalue weighted by atomic mass is 10.1. The summed E-state index contributed by atoms with van der Waals surface area (Å²) in [6.45, 7) is 2.90. The first-order valence-corrected chi connectivity index (χ1v) is 7.62. The maximum atomic E-state index is 6.27. The number of benzene rings is 2. The number of hydrogen-bond acceptors (Lipinski definition) is 4. The number of nitrogens with zero attached hydrogens (tertiary/aromatic N) is 2. The molecule has 0 aliphatic heterocycles. The highest BCUT2D eigenvalue weighted by Crippen LogP contribution is 2.30. The SMILES string of the molecule is CCc1ccccc1CNc1c(Cl)ccc2nsnc12. The van der Waals surface area contributed by atoms with Gasteiger partial charge in [0.1, 0.15) is 11.0 Å². The predicted octanol–water partition coefficient (Wildman–Crippen LogP) is 4.52. The number of anilines is 1. The molecule has 0 saturated heterocycles. The van der Waals surface area contributed by atoms with Gasteiger partial charge in [0.15, 0.2) is 0 Å². The lowest BCUT2D eigenvalue weighted by Crippen LogP contribution is -2.03. The number of aromatic nitrogens is 2. The summed E-state index contributed by atoms with van der Waals surface area (Å²) in [6, 6.07) is 12.2. The average molecular weight is 304 g/mol. The van der Waals surface area contributed by atoms with Gasteiger partial charge in [-0.25, -0.2) is 0 Å². The molecule has 102 valence electrons. The van der Waals surface area contributed by atoms with Gasteiger partial charge in [0.2, 0.25) is 0 Å². The monoisotopic (exact) mass is 303 g/mol. The van der Waals surface area contributed by atoms with Crippen molar-refractivity contribution in [1.82, 2.24) is 8.75 Å². The van der Waals surface area contributed by atoms with Crippen LogP contribution in [0.5, 0.6) is 0 Å². The molecule has 0 bridgehead atoms. The topological polar surface area (TPSA) is 37.8 Å². The van der Waals surface area contributed by atoms with Gasteiger partial charge in [0.25, 0.3) is 0 Å². The van der Waals surface area contributed by atoms with Gasteiger partial charge in [-0.3, -0.25) is 0 Å². The van der Waals surface area contributed by atoms with Crippen LogP contribution in [0, 0.1) is 0 Å². The van der Waals surface area contributed by atoms with Crippen molar-refractivity contribution in [2.24, 2.45) is 0 Å². The number of hydrogen-bond donors (Lipinski definition) is 1. The third kappa shape index (κ3) is 2.49. The number of halogens is 1. The van der Waals surface area contributed by atoms with Gasteiger partial charge in [-0.05, 0) is 29.7 Å². The van der Waals surface area contributed by atoms with Crippen molar-refractivity contribution < 1.29 is 0 Å². The molecule has 5 heteroatoms. The molecule has 1 N–H and O–H groups in total. The Morgan fingerprint density at radius 2 is 1.90 bits per heavy atom. The Hall–Kier alpha value is -1.65. The summed E-state index contributed by atoms with van der Waals surface area (Å²) in [7, 11) is 0. The molecule has 0 fully saturated rings. The molecule has 0 aliphatic rings. The molecular formula is C15H14ClN3S. The van der Waals surface area contributed by atoms with Gasteiger partial charge in [0.05, 0.1) is 22.4 Å². The molecule has 1 aromatic heterocycles. The Bertz CT molecular complexity index is 739. The number of rotatable bonds is 4. The maximum absolute atomic E-state index is 6.27. The van der Waals surface area contributed by atoms with Crippen LogP contribution in [0.1, 0.15) is 18.1 Å². The van der Waals surface area contributed by atoms with Crippen molar-refractivity contribution in [3.63, 3.8) is 0 Å². The lowest BCUT2D eigenvalue weighted by molar-refractivity contribution is 1.05. The minimum absolute atomic E-state index is 0.680. The van der Waals surface area contributed by atoms with Gasteiger partial charge < -0.3 is 5.32 Å². The minimum atomic E-state index is 0.680. The van der Waals surface area contributed by atoms with Crippen molar-refractivity contribution in [3.8, 4) is 0 Å². The molecule has 0 aliphatic carbocycles. The number of fused-ring (bicyclic) bond motifs is 1. The molecule has 0 atom stereocenters. The third-order valence-corrected chi connectivity index (χ3v) is 4.19. The second-order valence-corrected chi connectivity index (χ2v) is 5.47. The molecule has 1 heterocycles. The van der Waals surface area contributed by atoms with E-state index in [1.165, 1.54) is 22.9 Å². The average Bonchev–Trinajstić information content (AvgIpc) is 2.95. The highest BCUT2D eigenvalue weighted by molar-refractivity contribution is 7.00. The van der Waals surface area contributed by atoms with Crippen LogP contribution in [-0.2, 0) is 13.0 Å². The molecule has 0 radical (unpaired) electrons. The molecule has 3 nitrogen and oxygen atoms in total. The van der Waals surface area contributed by atoms with E-state index in [4.69, 9.17) is 11.6 Å². The van der Waals surface area contributed by atoms with Crippen molar-refractivity contribution in [1.29, 1.82) is 0 Å². The van der Waals surface area contributed by atoms with Gasteiger partial charge in [0, 0.05) is 6.54 Å². The first-order valence-electron chi connectivity index (χ1n) is 6.51. The third-order valence-electron chi connectivity index (χ3n) is 3.33. The summed E-state index contributed by atoms with van der Waals surface area (Å²) in [5, 5.41) is 4.09. The lowest BCUT2D eigenvalue weighted by Gasteiger charge is -2.11. The van der Waals surface area contributed by atoms with Crippen LogP contribution in [0.15, 0.2) is 36.4 Å². The fourth-order valence-corrected chi connectivity index (χ4v) is 3.02. The van der Waals surface area contributed by atoms with E-state index in [2.05, 4.69) is 45.3 Å². The van der Waals surface area contributed by atoms with Crippen LogP contribution in [0.4, 0.5) is 5.69 Å². The van der Waals surface area contributed by atoms with E-state index in [9.17, 15) is 0 Å². The normalized spacial score (nSPS) is 10.9. The van der Waals surface area contributed by atoms with E-state index in [1.807, 2.05) is 12.1 Å². The van der Waals surface area contributed by atoms with Crippen LogP contribution in [0.25, 0.3) is 11.0 Å². The molecule has 0 amide bonds. The highest BCUT2D eigenvalue weighted by atomic mass is 35.5. The Kier molecular flexibility index (Phi) is 3.85. The van der Waals surface area contributed by atoms with Crippen LogP contribution in [0.2, 0.25) is 5.02 Å². The number of nitrogens with one attached hydrogen (secondary N) is 1. The summed E-state index contributed by atoms with van der Waals surface area (Å²) in [6.07, 6.45) is 1.02. The van der Waals surface area contributed by atoms with Gasteiger partial charge in [-0.1, -0.05) is 42.8 Å². The van der Waals surface area contributed by atoms with E-state index in [0.29, 0.717) is 5.02 Å². The van der Waals surface area contributed by atoms with E-state index < -0.39 is 0 Å². The van der Waals surface area contributed by atoms with Crippen molar-refractivity contribution in [2.45, 2.75) is 19.9 Å². The molecule has 0 saturated carbocycles. The number of aryl methyl sites for hydroxylation is 1. The fraction of sp³-hybridized carbons (Fsp3) is 0.200. The second-order valence-electron chi connectivity index (χ2n) is 4.53. The van der Waals surface area contributed by atoms with Crippen LogP contribution in [-0.4, -0.2) is 8.75 Å². The van der Waals surface area contributed by atoms with Crippen molar-refractivity contribution >= 4 is 40.0 Å². The molecule has 0 spiro atoms. The van der Waals surface area contributed by atoms with Gasteiger partial charge in [-0.2, -0.15) is 8.75 Å². The Morgan fingerprint density at radius 1 is 1.10 bits per heavy atom. The van der Waals surface area contributed by atoms with Gasteiger partial charge in [-0.15, -0.1) is 0 Å². The summed E-state index contributed by atoms with van der Waals surface area (Å²) in [4.78, 5) is 0. The zero-order valence-electron chi connectivity index (χ0n) is 11.1. The van der Waals surface area contributed by atoms with Gasteiger partial charge >= 0.3 is 0 Å². The largest absolute Gasteiger partial charge is 0.378 e. The maximum Gasteiger partial charge on any atom is 0.129 e. The predicted molar refractivity (Wildman–Crippen MR) is 85.6 cm³/mol. The molecular weight excluding hydrogens is 290 g/mol. The summed E-state index contributed by atoms with van der Waals surface area (Å²) >= 11 is 7.48. The molecule has 20 heavy (non-hydrogen) atoms. The van der Waals surface area contributed by atoms with E-state index in [-0.39, 0.29) is 0 Å². The van der Waals surface area contributed by atoms with Crippen LogP contribution in [0.3, 0.4) is 0 Å². The zero-order valence-corrected chi connectivity index (χ0v) is 12.6. The van der Waals surface area contributed by atoms with Crippen molar-refractivity contribution in [3.05, 3.63) is 52.5 Å². The smallest absolute Gasteiger partial charge is 0.129 e. The van der Waals surface area contributed by atoms with Crippen molar-refractivity contribution in [2.75, 3.05) is 5.32 Å². The first-order chi connectivity index (χ1) is 9.79. The van der Waals surface area contributed by atoms with E-state index >= 15 is 0 Å². The molecule has 3 aromatic rings. The molecule has 2 aromatic carbocycles. The second kappa shape index (κ2) is 5.77. The fourth-order valence-electron chi connectivity index (χ4n) is 2.25. The minimum Gasteiger partial charge on any atom is -0.378 e. The summed E-state index contributed by atoms with van der Waals surface area (Å²) < 4.78 is 8.56. The Morgan fingerprint density at radius 3 is 2.70 bits per heavy atom. The van der Waals surface area contributed by atoms with Crippen LogP contribution < -0.4 is 5.32 Å². The molecule has 3 rings (SSSR count). The van der Waals surface area contributed by atoms with E-state index in [0.717, 1.165) is 29.7 Å². The van der Waals surface area contributed by atoms with E-state index in [1.54, 1.807) is 0 Å². The zero-order chi connectivity index (χ0) is 13.9.